The Hall–Kier alpha value is -2.22. The van der Waals surface area contributed by atoms with Crippen LogP contribution >= 0.6 is 0 Å². The molecule has 0 saturated heterocycles. The monoisotopic (exact) mass is 309 g/mol. The van der Waals surface area contributed by atoms with Gasteiger partial charge in [-0.05, 0) is 55.4 Å². The van der Waals surface area contributed by atoms with Crippen LogP contribution in [0.15, 0.2) is 61.5 Å². The van der Waals surface area contributed by atoms with E-state index in [0.717, 1.165) is 24.8 Å². The second-order valence-corrected chi connectivity index (χ2v) is 5.77. The van der Waals surface area contributed by atoms with Crippen LogP contribution in [-0.4, -0.2) is 11.2 Å². The summed E-state index contributed by atoms with van der Waals surface area (Å²) in [5, 5.41) is 0. The first-order valence-corrected chi connectivity index (χ1v) is 8.15. The largest absolute Gasteiger partial charge is 0.264 e. The number of aromatic nitrogens is 1. The minimum atomic E-state index is -0.707. The van der Waals surface area contributed by atoms with Crippen molar-refractivity contribution in [2.45, 2.75) is 38.8 Å². The van der Waals surface area contributed by atoms with Crippen LogP contribution in [0.25, 0.3) is 17.2 Å². The fourth-order valence-corrected chi connectivity index (χ4v) is 2.58. The van der Waals surface area contributed by atoms with Crippen molar-refractivity contribution in [3.05, 3.63) is 72.6 Å². The number of halogens is 1. The Bertz CT molecular complexity index is 644. The van der Waals surface area contributed by atoms with Crippen LogP contribution in [0.3, 0.4) is 0 Å². The Morgan fingerprint density at radius 1 is 1.30 bits per heavy atom. The molecule has 120 valence electrons. The van der Waals surface area contributed by atoms with Gasteiger partial charge in [0.2, 0.25) is 0 Å². The van der Waals surface area contributed by atoms with Crippen molar-refractivity contribution in [2.24, 2.45) is 0 Å². The fourth-order valence-electron chi connectivity index (χ4n) is 2.58. The molecule has 1 unspecified atom stereocenters. The van der Waals surface area contributed by atoms with E-state index in [4.69, 9.17) is 0 Å². The van der Waals surface area contributed by atoms with Crippen LogP contribution in [0.4, 0.5) is 4.39 Å². The van der Waals surface area contributed by atoms with E-state index in [2.05, 4.69) is 48.0 Å². The molecule has 0 aliphatic rings. The predicted octanol–water partition coefficient (Wildman–Crippen LogP) is 6.02. The standard InChI is InChI=1S/C21H24FN/c1-3-8-19-15-18(10-6-4-5-9-17(2)22)12-13-21(19)20-11-7-14-23-16-20/h3,6-7,10-17H,1,4-5,8-9H2,2H3. The molecule has 0 aliphatic heterocycles. The van der Waals surface area contributed by atoms with E-state index in [0.29, 0.717) is 6.42 Å². The smallest absolute Gasteiger partial charge is 0.0973 e. The lowest BCUT2D eigenvalue weighted by atomic mass is 9.96. The molecule has 2 heteroatoms. The lowest BCUT2D eigenvalue weighted by Crippen LogP contribution is -1.91. The third-order valence-electron chi connectivity index (χ3n) is 3.75. The van der Waals surface area contributed by atoms with Crippen molar-refractivity contribution in [2.75, 3.05) is 0 Å². The average Bonchev–Trinajstić information content (AvgIpc) is 2.56. The molecule has 0 N–H and O–H groups in total. The summed E-state index contributed by atoms with van der Waals surface area (Å²) in [5.41, 5.74) is 4.73. The summed E-state index contributed by atoms with van der Waals surface area (Å²) >= 11 is 0. The van der Waals surface area contributed by atoms with Gasteiger partial charge in [0.25, 0.3) is 0 Å². The van der Waals surface area contributed by atoms with Gasteiger partial charge in [-0.25, -0.2) is 4.39 Å². The Labute approximate surface area is 138 Å². The first-order chi connectivity index (χ1) is 11.2. The maximum Gasteiger partial charge on any atom is 0.0973 e. The molecule has 23 heavy (non-hydrogen) atoms. The zero-order chi connectivity index (χ0) is 16.5. The summed E-state index contributed by atoms with van der Waals surface area (Å²) in [5.74, 6) is 0. The summed E-state index contributed by atoms with van der Waals surface area (Å²) in [6.07, 6.45) is 12.4. The molecular formula is C21H24FN. The van der Waals surface area contributed by atoms with E-state index in [1.807, 2.05) is 18.3 Å². The molecule has 1 nitrogen and oxygen atoms in total. The van der Waals surface area contributed by atoms with Gasteiger partial charge in [0.05, 0.1) is 6.17 Å². The van der Waals surface area contributed by atoms with Gasteiger partial charge in [-0.1, -0.05) is 42.5 Å². The van der Waals surface area contributed by atoms with Crippen molar-refractivity contribution < 1.29 is 4.39 Å². The van der Waals surface area contributed by atoms with E-state index in [1.165, 1.54) is 16.7 Å². The van der Waals surface area contributed by atoms with Crippen LogP contribution in [0, 0.1) is 0 Å². The first-order valence-electron chi connectivity index (χ1n) is 8.15. The van der Waals surface area contributed by atoms with Crippen molar-refractivity contribution in [3.63, 3.8) is 0 Å². The molecule has 2 rings (SSSR count). The summed E-state index contributed by atoms with van der Waals surface area (Å²) < 4.78 is 12.8. The van der Waals surface area contributed by atoms with Crippen molar-refractivity contribution >= 4 is 6.08 Å². The van der Waals surface area contributed by atoms with E-state index in [-0.39, 0.29) is 0 Å². The SMILES string of the molecule is C=CCc1cc(C=CCCCC(C)F)ccc1-c1cccnc1. The summed E-state index contributed by atoms with van der Waals surface area (Å²) in [7, 11) is 0. The molecule has 1 aromatic carbocycles. The molecule has 0 bridgehead atoms. The van der Waals surface area contributed by atoms with Crippen LogP contribution in [-0.2, 0) is 6.42 Å². The Morgan fingerprint density at radius 2 is 2.17 bits per heavy atom. The van der Waals surface area contributed by atoms with E-state index < -0.39 is 6.17 Å². The molecule has 1 heterocycles. The number of hydrogen-bond donors (Lipinski definition) is 0. The highest BCUT2D eigenvalue weighted by molar-refractivity contribution is 5.69. The first kappa shape index (κ1) is 17.1. The fraction of sp³-hybridized carbons (Fsp3) is 0.286. The van der Waals surface area contributed by atoms with Gasteiger partial charge in [0.15, 0.2) is 0 Å². The molecule has 0 spiro atoms. The molecule has 0 amide bonds. The van der Waals surface area contributed by atoms with E-state index in [9.17, 15) is 4.39 Å². The van der Waals surface area contributed by atoms with Gasteiger partial charge in [-0.2, -0.15) is 0 Å². The Morgan fingerprint density at radius 3 is 2.87 bits per heavy atom. The minimum Gasteiger partial charge on any atom is -0.264 e. The number of unbranched alkanes of at least 4 members (excludes halogenated alkanes) is 1. The molecule has 1 atom stereocenters. The Kier molecular flexibility index (Phi) is 6.74. The van der Waals surface area contributed by atoms with Gasteiger partial charge < -0.3 is 0 Å². The van der Waals surface area contributed by atoms with Crippen LogP contribution in [0.5, 0.6) is 0 Å². The second kappa shape index (κ2) is 9.04. The number of pyridine rings is 1. The van der Waals surface area contributed by atoms with Gasteiger partial charge in [0, 0.05) is 18.0 Å². The number of rotatable bonds is 8. The molecular weight excluding hydrogens is 285 g/mol. The number of hydrogen-bond acceptors (Lipinski definition) is 1. The topological polar surface area (TPSA) is 12.9 Å². The highest BCUT2D eigenvalue weighted by atomic mass is 19.1. The zero-order valence-corrected chi connectivity index (χ0v) is 13.7. The minimum absolute atomic E-state index is 0.631. The normalized spacial score (nSPS) is 12.4. The van der Waals surface area contributed by atoms with Crippen molar-refractivity contribution in [3.8, 4) is 11.1 Å². The number of benzene rings is 1. The summed E-state index contributed by atoms with van der Waals surface area (Å²) in [4.78, 5) is 4.20. The third-order valence-corrected chi connectivity index (χ3v) is 3.75. The molecule has 2 aromatic rings. The number of allylic oxidation sites excluding steroid dienone is 2. The third kappa shape index (κ3) is 5.48. The summed E-state index contributed by atoms with van der Waals surface area (Å²) in [6, 6.07) is 10.5. The predicted molar refractivity (Wildman–Crippen MR) is 97.0 cm³/mol. The molecule has 0 radical (unpaired) electrons. The zero-order valence-electron chi connectivity index (χ0n) is 13.7. The lowest BCUT2D eigenvalue weighted by molar-refractivity contribution is 0.335. The second-order valence-electron chi connectivity index (χ2n) is 5.77. The molecule has 0 saturated carbocycles. The molecule has 0 aliphatic carbocycles. The Balaban J connectivity index is 2.13. The van der Waals surface area contributed by atoms with Gasteiger partial charge in [0.1, 0.15) is 0 Å². The molecule has 0 fully saturated rings. The van der Waals surface area contributed by atoms with Gasteiger partial charge in [-0.15, -0.1) is 6.58 Å². The highest BCUT2D eigenvalue weighted by Gasteiger charge is 2.05. The molecule has 1 aromatic heterocycles. The quantitative estimate of drug-likeness (QED) is 0.429. The van der Waals surface area contributed by atoms with E-state index in [1.54, 1.807) is 13.1 Å². The van der Waals surface area contributed by atoms with E-state index >= 15 is 0 Å². The maximum atomic E-state index is 12.8. The van der Waals surface area contributed by atoms with Crippen LogP contribution in [0.2, 0.25) is 0 Å². The lowest BCUT2D eigenvalue weighted by Gasteiger charge is -2.09. The highest BCUT2D eigenvalue weighted by Crippen LogP contribution is 2.25. The van der Waals surface area contributed by atoms with Gasteiger partial charge >= 0.3 is 0 Å². The number of alkyl halides is 1. The van der Waals surface area contributed by atoms with Crippen LogP contribution < -0.4 is 0 Å². The number of nitrogens with zero attached hydrogens (tertiary/aromatic N) is 1. The van der Waals surface area contributed by atoms with Crippen molar-refractivity contribution in [1.29, 1.82) is 0 Å². The van der Waals surface area contributed by atoms with Crippen molar-refractivity contribution in [1.82, 2.24) is 4.98 Å². The van der Waals surface area contributed by atoms with Crippen LogP contribution in [0.1, 0.15) is 37.3 Å². The van der Waals surface area contributed by atoms with Gasteiger partial charge in [-0.3, -0.25) is 4.98 Å². The average molecular weight is 309 g/mol. The maximum absolute atomic E-state index is 12.8. The summed E-state index contributed by atoms with van der Waals surface area (Å²) in [6.45, 7) is 5.47.